The summed E-state index contributed by atoms with van der Waals surface area (Å²) in [5.41, 5.74) is 2.65. The van der Waals surface area contributed by atoms with E-state index in [4.69, 9.17) is 5.11 Å². The highest BCUT2D eigenvalue weighted by Gasteiger charge is 2.11. The molecule has 1 aromatic carbocycles. The molecule has 0 saturated carbocycles. The van der Waals surface area contributed by atoms with Crippen molar-refractivity contribution in [2.75, 3.05) is 0 Å². The van der Waals surface area contributed by atoms with Gasteiger partial charge in [0.25, 0.3) is 0 Å². The van der Waals surface area contributed by atoms with Crippen molar-refractivity contribution >= 4 is 15.9 Å². The van der Waals surface area contributed by atoms with Crippen molar-refractivity contribution in [3.05, 3.63) is 46.2 Å². The van der Waals surface area contributed by atoms with Crippen molar-refractivity contribution in [2.45, 2.75) is 13.5 Å². The lowest BCUT2D eigenvalue weighted by Gasteiger charge is -2.02. The maximum absolute atomic E-state index is 9.10. The van der Waals surface area contributed by atoms with Crippen LogP contribution in [0.15, 0.2) is 34.8 Å². The van der Waals surface area contributed by atoms with Gasteiger partial charge in [0.2, 0.25) is 0 Å². The van der Waals surface area contributed by atoms with Crippen LogP contribution in [-0.2, 0) is 6.61 Å². The summed E-state index contributed by atoms with van der Waals surface area (Å²) in [6, 6.07) is 9.84. The molecule has 4 heteroatoms. The van der Waals surface area contributed by atoms with E-state index in [9.17, 15) is 0 Å². The van der Waals surface area contributed by atoms with Crippen molar-refractivity contribution in [2.24, 2.45) is 0 Å². The largest absolute Gasteiger partial charge is 0.390 e. The van der Waals surface area contributed by atoms with Gasteiger partial charge >= 0.3 is 0 Å². The third-order valence-electron chi connectivity index (χ3n) is 2.26. The first-order valence-electron chi connectivity index (χ1n) is 4.64. The highest BCUT2D eigenvalue weighted by molar-refractivity contribution is 9.10. The van der Waals surface area contributed by atoms with Crippen molar-refractivity contribution in [1.82, 2.24) is 9.78 Å². The molecule has 2 rings (SSSR count). The Morgan fingerprint density at radius 2 is 2.00 bits per heavy atom. The Hall–Kier alpha value is -1.13. The van der Waals surface area contributed by atoms with Gasteiger partial charge in [-0.25, -0.2) is 4.68 Å². The minimum atomic E-state index is -0.0543. The zero-order valence-corrected chi connectivity index (χ0v) is 9.90. The Labute approximate surface area is 96.5 Å². The number of aliphatic hydroxyl groups excluding tert-OH is 1. The fraction of sp³-hybridized carbons (Fsp3) is 0.182. The Morgan fingerprint density at radius 1 is 1.33 bits per heavy atom. The second-order valence-corrected chi connectivity index (χ2v) is 4.04. The van der Waals surface area contributed by atoms with Gasteiger partial charge in [0.15, 0.2) is 0 Å². The first-order chi connectivity index (χ1) is 7.24. The molecule has 0 radical (unpaired) electrons. The van der Waals surface area contributed by atoms with Crippen LogP contribution in [0.25, 0.3) is 5.69 Å². The van der Waals surface area contributed by atoms with Gasteiger partial charge < -0.3 is 5.11 Å². The zero-order valence-electron chi connectivity index (χ0n) is 8.31. The lowest BCUT2D eigenvalue weighted by atomic mass is 10.3. The lowest BCUT2D eigenvalue weighted by molar-refractivity contribution is 0.275. The van der Waals surface area contributed by atoms with Crippen LogP contribution >= 0.6 is 15.9 Å². The van der Waals surface area contributed by atoms with E-state index in [1.165, 1.54) is 0 Å². The van der Waals surface area contributed by atoms with Crippen LogP contribution in [0.4, 0.5) is 0 Å². The van der Waals surface area contributed by atoms with E-state index < -0.39 is 0 Å². The molecule has 78 valence electrons. The van der Waals surface area contributed by atoms with Gasteiger partial charge in [-0.05, 0) is 35.0 Å². The summed E-state index contributed by atoms with van der Waals surface area (Å²) in [4.78, 5) is 0. The van der Waals surface area contributed by atoms with Gasteiger partial charge in [-0.2, -0.15) is 5.10 Å². The Kier molecular flexibility index (Phi) is 2.88. The summed E-state index contributed by atoms with van der Waals surface area (Å²) >= 11 is 3.42. The summed E-state index contributed by atoms with van der Waals surface area (Å²) in [5.74, 6) is 0. The number of benzene rings is 1. The Morgan fingerprint density at radius 3 is 2.53 bits per heavy atom. The summed E-state index contributed by atoms with van der Waals surface area (Å²) < 4.78 is 2.68. The SMILES string of the molecule is Cc1c(Br)c(CO)nn1-c1ccccc1. The summed E-state index contributed by atoms with van der Waals surface area (Å²) in [7, 11) is 0. The second kappa shape index (κ2) is 4.16. The van der Waals surface area contributed by atoms with Crippen LogP contribution in [-0.4, -0.2) is 14.9 Å². The van der Waals surface area contributed by atoms with Crippen LogP contribution in [0.3, 0.4) is 0 Å². The molecule has 1 heterocycles. The smallest absolute Gasteiger partial charge is 0.103 e. The summed E-state index contributed by atoms with van der Waals surface area (Å²) in [5, 5.41) is 13.4. The minimum Gasteiger partial charge on any atom is -0.390 e. The summed E-state index contributed by atoms with van der Waals surface area (Å²) in [6.45, 7) is 1.91. The first kappa shape index (κ1) is 10.4. The molecule has 0 atom stereocenters. The Bertz CT molecular complexity index is 465. The third kappa shape index (κ3) is 1.82. The molecular weight excluding hydrogens is 256 g/mol. The number of halogens is 1. The average molecular weight is 267 g/mol. The molecule has 1 aromatic heterocycles. The summed E-state index contributed by atoms with van der Waals surface area (Å²) in [6.07, 6.45) is 0. The number of rotatable bonds is 2. The molecule has 0 unspecified atom stereocenters. The number of nitrogens with zero attached hydrogens (tertiary/aromatic N) is 2. The molecule has 1 N–H and O–H groups in total. The van der Waals surface area contributed by atoms with Crippen molar-refractivity contribution < 1.29 is 5.11 Å². The zero-order chi connectivity index (χ0) is 10.8. The number of para-hydroxylation sites is 1. The van der Waals surface area contributed by atoms with Crippen molar-refractivity contribution in [3.8, 4) is 5.69 Å². The van der Waals surface area contributed by atoms with Gasteiger partial charge in [-0.1, -0.05) is 18.2 Å². The van der Waals surface area contributed by atoms with Crippen LogP contribution in [0.2, 0.25) is 0 Å². The normalized spacial score (nSPS) is 10.6. The molecule has 0 aliphatic carbocycles. The minimum absolute atomic E-state index is 0.0543. The van der Waals surface area contributed by atoms with Gasteiger partial charge in [0, 0.05) is 0 Å². The molecule has 2 aromatic rings. The standard InChI is InChI=1S/C11H11BrN2O/c1-8-11(12)10(7-15)13-14(8)9-5-3-2-4-6-9/h2-6,15H,7H2,1H3. The topological polar surface area (TPSA) is 38.1 Å². The fourth-order valence-corrected chi connectivity index (χ4v) is 1.84. The van der Waals surface area contributed by atoms with Crippen molar-refractivity contribution in [1.29, 1.82) is 0 Å². The average Bonchev–Trinajstić information content (AvgIpc) is 2.57. The molecule has 0 aliphatic heterocycles. The Balaban J connectivity index is 2.55. The van der Waals surface area contributed by atoms with E-state index in [0.717, 1.165) is 15.9 Å². The third-order valence-corrected chi connectivity index (χ3v) is 3.29. The molecule has 0 aliphatic rings. The molecule has 3 nitrogen and oxygen atoms in total. The van der Waals surface area contributed by atoms with E-state index in [1.54, 1.807) is 0 Å². The van der Waals surface area contributed by atoms with Gasteiger partial charge in [-0.15, -0.1) is 0 Å². The maximum atomic E-state index is 9.10. The number of aliphatic hydroxyl groups is 1. The van der Waals surface area contributed by atoms with Gasteiger partial charge in [0.1, 0.15) is 5.69 Å². The van der Waals surface area contributed by atoms with E-state index in [1.807, 2.05) is 41.9 Å². The van der Waals surface area contributed by atoms with E-state index >= 15 is 0 Å². The fourth-order valence-electron chi connectivity index (χ4n) is 1.46. The van der Waals surface area contributed by atoms with E-state index in [-0.39, 0.29) is 6.61 Å². The predicted octanol–water partition coefficient (Wildman–Crippen LogP) is 2.44. The van der Waals surface area contributed by atoms with Crippen molar-refractivity contribution in [3.63, 3.8) is 0 Å². The molecule has 0 amide bonds. The number of aromatic nitrogens is 2. The van der Waals surface area contributed by atoms with Crippen LogP contribution < -0.4 is 0 Å². The monoisotopic (exact) mass is 266 g/mol. The highest BCUT2D eigenvalue weighted by atomic mass is 79.9. The lowest BCUT2D eigenvalue weighted by Crippen LogP contribution is -1.98. The van der Waals surface area contributed by atoms with Crippen LogP contribution in [0.1, 0.15) is 11.4 Å². The van der Waals surface area contributed by atoms with E-state index in [0.29, 0.717) is 5.69 Å². The molecule has 0 saturated heterocycles. The first-order valence-corrected chi connectivity index (χ1v) is 5.43. The highest BCUT2D eigenvalue weighted by Crippen LogP contribution is 2.23. The van der Waals surface area contributed by atoms with Crippen LogP contribution in [0, 0.1) is 6.92 Å². The van der Waals surface area contributed by atoms with Gasteiger partial charge in [-0.3, -0.25) is 0 Å². The quantitative estimate of drug-likeness (QED) is 0.907. The van der Waals surface area contributed by atoms with Gasteiger partial charge in [0.05, 0.1) is 22.5 Å². The van der Waals surface area contributed by atoms with Crippen LogP contribution in [0.5, 0.6) is 0 Å². The molecule has 15 heavy (non-hydrogen) atoms. The molecule has 0 spiro atoms. The molecule has 0 fully saturated rings. The number of hydrogen-bond acceptors (Lipinski definition) is 2. The number of hydrogen-bond donors (Lipinski definition) is 1. The predicted molar refractivity (Wildman–Crippen MR) is 61.9 cm³/mol. The maximum Gasteiger partial charge on any atom is 0.103 e. The molecular formula is C11H11BrN2O. The molecule has 0 bridgehead atoms. The second-order valence-electron chi connectivity index (χ2n) is 3.25. The van der Waals surface area contributed by atoms with E-state index in [2.05, 4.69) is 21.0 Å².